The maximum Gasteiger partial charge on any atom is 0.408 e. The number of likely N-dealkylation sites (tertiary alicyclic amines) is 1. The first-order chi connectivity index (χ1) is 25.4. The van der Waals surface area contributed by atoms with Gasteiger partial charge in [0.25, 0.3) is 0 Å². The molecule has 3 rings (SSSR count). The summed E-state index contributed by atoms with van der Waals surface area (Å²) in [4.78, 5) is 81.3. The maximum atomic E-state index is 14.1. The fourth-order valence-electron chi connectivity index (χ4n) is 6.77. The van der Waals surface area contributed by atoms with Crippen molar-refractivity contribution in [2.45, 2.75) is 130 Å². The van der Waals surface area contributed by atoms with Gasteiger partial charge in [0, 0.05) is 19.2 Å². The van der Waals surface area contributed by atoms with Crippen LogP contribution < -0.4 is 21.3 Å². The Morgan fingerprint density at radius 1 is 0.849 bits per heavy atom. The lowest BCUT2D eigenvalue weighted by Gasteiger charge is -2.34. The molecule has 13 heteroatoms. The van der Waals surface area contributed by atoms with Crippen molar-refractivity contribution in [1.29, 1.82) is 0 Å². The Morgan fingerprint density at radius 3 is 2.23 bits per heavy atom. The van der Waals surface area contributed by atoms with E-state index in [1.165, 1.54) is 11.0 Å². The molecule has 1 aromatic carbocycles. The summed E-state index contributed by atoms with van der Waals surface area (Å²) in [5, 5.41) is 11.5. The van der Waals surface area contributed by atoms with Crippen LogP contribution in [0.4, 0.5) is 4.79 Å². The van der Waals surface area contributed by atoms with Gasteiger partial charge in [-0.15, -0.1) is 0 Å². The first-order valence-electron chi connectivity index (χ1n) is 19.4. The summed E-state index contributed by atoms with van der Waals surface area (Å²) in [5.74, 6) is -1.99. The third-order valence-electron chi connectivity index (χ3n) is 9.78. The van der Waals surface area contributed by atoms with E-state index in [-0.39, 0.29) is 49.7 Å². The zero-order valence-electron chi connectivity index (χ0n) is 32.2. The Kier molecular flexibility index (Phi) is 18.3. The van der Waals surface area contributed by atoms with Gasteiger partial charge in [-0.25, -0.2) is 9.59 Å². The highest BCUT2D eigenvalue weighted by Crippen LogP contribution is 2.28. The van der Waals surface area contributed by atoms with Crippen molar-refractivity contribution in [3.63, 3.8) is 0 Å². The maximum absolute atomic E-state index is 14.1. The molecule has 1 aliphatic carbocycles. The highest BCUT2D eigenvalue weighted by Gasteiger charge is 2.41. The molecule has 1 saturated heterocycles. The summed E-state index contributed by atoms with van der Waals surface area (Å²) in [5.41, 5.74) is 0.771. The van der Waals surface area contributed by atoms with Gasteiger partial charge < -0.3 is 35.6 Å². The van der Waals surface area contributed by atoms with Crippen molar-refractivity contribution in [3.05, 3.63) is 48.0 Å². The van der Waals surface area contributed by atoms with Crippen LogP contribution in [0.5, 0.6) is 0 Å². The van der Waals surface area contributed by atoms with E-state index in [0.29, 0.717) is 31.8 Å². The molecule has 1 aromatic rings. The summed E-state index contributed by atoms with van der Waals surface area (Å²) in [7, 11) is 0. The van der Waals surface area contributed by atoms with Crippen LogP contribution in [-0.4, -0.2) is 84.5 Å². The monoisotopic (exact) mass is 739 g/mol. The zero-order chi connectivity index (χ0) is 38.8. The zero-order valence-corrected chi connectivity index (χ0v) is 32.2. The molecular formula is C40H61N5O8. The molecule has 1 heterocycles. The van der Waals surface area contributed by atoms with Crippen LogP contribution in [-0.2, 0) is 40.1 Å². The minimum atomic E-state index is -1.10. The standard InChI is InChI=1S/C40H61N5O8/c1-6-52-33(46)22-14-13-20-31(42-40(51)53-26-29-16-9-7-10-17-29)36(47)43-34(28(4)5)39(50)45-25-15-21-32(45)37(48)44-35(30-18-11-8-12-19-30)38(49)41-24-23-27(2)3/h7,9-10,14,16-17,22,27-28,30-32,34-35H,6,8,11-13,15,18-21,23-26H2,1-5H3,(H,41,49)(H,42,51)(H,43,47)(H,44,48)/b22-14+/t31-,32-,34-,35-/m0/s1. The molecule has 2 aliphatic rings. The number of carbonyl (C=O) groups is 6. The molecule has 4 N–H and O–H groups in total. The number of nitrogens with one attached hydrogen (secondary N) is 4. The molecule has 294 valence electrons. The summed E-state index contributed by atoms with van der Waals surface area (Å²) in [6.45, 7) is 10.6. The number of hydrogen-bond acceptors (Lipinski definition) is 8. The number of amides is 5. The first-order valence-corrected chi connectivity index (χ1v) is 19.4. The van der Waals surface area contributed by atoms with Crippen LogP contribution in [0.3, 0.4) is 0 Å². The molecule has 5 amide bonds. The minimum absolute atomic E-state index is 0.00347. The Balaban J connectivity index is 1.72. The van der Waals surface area contributed by atoms with E-state index in [9.17, 15) is 28.8 Å². The first kappa shape index (κ1) is 43.0. The van der Waals surface area contributed by atoms with Crippen LogP contribution >= 0.6 is 0 Å². The summed E-state index contributed by atoms with van der Waals surface area (Å²) >= 11 is 0. The fraction of sp³-hybridized carbons (Fsp3) is 0.650. The second-order valence-electron chi connectivity index (χ2n) is 14.8. The molecular weight excluding hydrogens is 678 g/mol. The van der Waals surface area contributed by atoms with E-state index >= 15 is 0 Å². The topological polar surface area (TPSA) is 172 Å². The molecule has 0 spiro atoms. The summed E-state index contributed by atoms with van der Waals surface area (Å²) < 4.78 is 10.3. The van der Waals surface area contributed by atoms with Gasteiger partial charge >= 0.3 is 12.1 Å². The van der Waals surface area contributed by atoms with E-state index in [4.69, 9.17) is 9.47 Å². The molecule has 0 bridgehead atoms. The number of hydrogen-bond donors (Lipinski definition) is 4. The van der Waals surface area contributed by atoms with Crippen LogP contribution in [0.25, 0.3) is 0 Å². The van der Waals surface area contributed by atoms with Crippen molar-refractivity contribution in [2.24, 2.45) is 17.8 Å². The molecule has 0 aromatic heterocycles. The van der Waals surface area contributed by atoms with Gasteiger partial charge in [-0.2, -0.15) is 0 Å². The van der Waals surface area contributed by atoms with Gasteiger partial charge in [-0.05, 0) is 75.2 Å². The fourth-order valence-corrected chi connectivity index (χ4v) is 6.77. The number of esters is 1. The average Bonchev–Trinajstić information content (AvgIpc) is 3.64. The van der Waals surface area contributed by atoms with E-state index in [2.05, 4.69) is 35.1 Å². The van der Waals surface area contributed by atoms with Crippen LogP contribution in [0, 0.1) is 17.8 Å². The van der Waals surface area contributed by atoms with E-state index in [1.807, 2.05) is 18.2 Å². The Morgan fingerprint density at radius 2 is 1.57 bits per heavy atom. The van der Waals surface area contributed by atoms with Gasteiger partial charge in [0.15, 0.2) is 0 Å². The highest BCUT2D eigenvalue weighted by atomic mass is 16.5. The largest absolute Gasteiger partial charge is 0.463 e. The number of rotatable bonds is 19. The van der Waals surface area contributed by atoms with Crippen LogP contribution in [0.15, 0.2) is 42.5 Å². The number of ether oxygens (including phenoxy) is 2. The van der Waals surface area contributed by atoms with Gasteiger partial charge in [-0.1, -0.05) is 83.4 Å². The Labute approximate surface area is 314 Å². The van der Waals surface area contributed by atoms with Gasteiger partial charge in [0.2, 0.25) is 23.6 Å². The predicted octanol–water partition coefficient (Wildman–Crippen LogP) is 4.54. The molecule has 0 radical (unpaired) electrons. The SMILES string of the molecule is CCOC(=O)/C=C/CC[C@H](NC(=O)OCc1ccccc1)C(=O)N[C@H](C(=O)N1CCC[C@H]1C(=O)N[C@H](C(=O)NCCC(C)C)C1CCCCC1)C(C)C. The van der Waals surface area contributed by atoms with E-state index in [0.717, 1.165) is 44.1 Å². The van der Waals surface area contributed by atoms with Crippen molar-refractivity contribution >= 4 is 35.7 Å². The van der Waals surface area contributed by atoms with Gasteiger partial charge in [0.1, 0.15) is 30.8 Å². The molecule has 2 fully saturated rings. The lowest BCUT2D eigenvalue weighted by molar-refractivity contribution is -0.143. The number of nitrogens with zero attached hydrogens (tertiary/aromatic N) is 1. The van der Waals surface area contributed by atoms with Crippen LogP contribution in [0.2, 0.25) is 0 Å². The molecule has 53 heavy (non-hydrogen) atoms. The van der Waals surface area contributed by atoms with Crippen molar-refractivity contribution in [3.8, 4) is 0 Å². The lowest BCUT2D eigenvalue weighted by atomic mass is 9.83. The van der Waals surface area contributed by atoms with E-state index < -0.39 is 48.0 Å². The number of allylic oxidation sites excluding steroid dienone is 1. The molecule has 13 nitrogen and oxygen atoms in total. The van der Waals surface area contributed by atoms with Crippen molar-refractivity contribution in [2.75, 3.05) is 19.7 Å². The second-order valence-corrected chi connectivity index (χ2v) is 14.8. The van der Waals surface area contributed by atoms with Crippen molar-refractivity contribution < 1.29 is 38.2 Å². The summed E-state index contributed by atoms with van der Waals surface area (Å²) in [6, 6.07) is 5.54. The lowest BCUT2D eigenvalue weighted by Crippen LogP contribution is -2.60. The Hall–Kier alpha value is -4.42. The minimum Gasteiger partial charge on any atom is -0.463 e. The van der Waals surface area contributed by atoms with Crippen molar-refractivity contribution in [1.82, 2.24) is 26.2 Å². The highest BCUT2D eigenvalue weighted by molar-refractivity contribution is 5.96. The third kappa shape index (κ3) is 14.5. The smallest absolute Gasteiger partial charge is 0.408 e. The molecule has 0 unspecified atom stereocenters. The third-order valence-corrected chi connectivity index (χ3v) is 9.78. The number of alkyl carbamates (subject to hydrolysis) is 1. The molecule has 1 saturated carbocycles. The normalized spacial score (nSPS) is 17.9. The Bertz CT molecular complexity index is 1380. The van der Waals surface area contributed by atoms with Crippen LogP contribution in [0.1, 0.15) is 104 Å². The quantitative estimate of drug-likeness (QED) is 0.118. The van der Waals surface area contributed by atoms with Gasteiger partial charge in [0.05, 0.1) is 6.61 Å². The second kappa shape index (κ2) is 22.6. The molecule has 1 aliphatic heterocycles. The number of carbonyl (C=O) groups excluding carboxylic acids is 6. The summed E-state index contributed by atoms with van der Waals surface area (Å²) in [6.07, 6.45) is 9.05. The predicted molar refractivity (Wildman–Crippen MR) is 201 cm³/mol. The van der Waals surface area contributed by atoms with E-state index in [1.54, 1.807) is 39.0 Å². The average molecular weight is 740 g/mol. The molecule has 4 atom stereocenters. The van der Waals surface area contributed by atoms with Gasteiger partial charge in [-0.3, -0.25) is 19.2 Å². The number of benzene rings is 1.